The maximum absolute atomic E-state index is 11.9. The van der Waals surface area contributed by atoms with Crippen molar-refractivity contribution >= 4 is 38.1 Å². The molecule has 0 fully saturated rings. The summed E-state index contributed by atoms with van der Waals surface area (Å²) in [5, 5.41) is 8.49. The average molecular weight is 306 g/mol. The lowest BCUT2D eigenvalue weighted by molar-refractivity contribution is 0.600. The van der Waals surface area contributed by atoms with Gasteiger partial charge in [-0.05, 0) is 18.0 Å². The van der Waals surface area contributed by atoms with Gasteiger partial charge in [0.25, 0.3) is 10.0 Å². The molecule has 2 heterocycles. The number of sulfonamides is 1. The van der Waals surface area contributed by atoms with Gasteiger partial charge in [0.05, 0.1) is 12.4 Å². The van der Waals surface area contributed by atoms with Gasteiger partial charge >= 0.3 is 0 Å². The number of aryl methyl sites for hydroxylation is 1. The molecule has 7 nitrogen and oxygen atoms in total. The zero-order chi connectivity index (χ0) is 13.2. The molecule has 0 aliphatic carbocycles. The van der Waals surface area contributed by atoms with E-state index in [1.54, 1.807) is 0 Å². The van der Waals surface area contributed by atoms with E-state index in [0.29, 0.717) is 6.42 Å². The number of hydrogen-bond acceptors (Lipinski definition) is 7. The Kier molecular flexibility index (Phi) is 3.73. The average Bonchev–Trinajstić information content (AvgIpc) is 2.76. The van der Waals surface area contributed by atoms with Gasteiger partial charge < -0.3 is 0 Å². The first-order valence-corrected chi connectivity index (χ1v) is 7.52. The third-order valence-electron chi connectivity index (χ3n) is 1.90. The quantitative estimate of drug-likeness (QED) is 0.856. The van der Waals surface area contributed by atoms with E-state index < -0.39 is 10.0 Å². The largest absolute Gasteiger partial charge is 0.266 e. The fraction of sp³-hybridized carbons (Fsp3) is 0.250. The lowest BCUT2D eigenvalue weighted by atomic mass is 10.5. The molecule has 0 radical (unpaired) electrons. The summed E-state index contributed by atoms with van der Waals surface area (Å²) < 4.78 is 26.1. The van der Waals surface area contributed by atoms with E-state index in [2.05, 4.69) is 24.9 Å². The number of halogens is 1. The van der Waals surface area contributed by atoms with Gasteiger partial charge in [0.2, 0.25) is 10.4 Å². The molecule has 0 aromatic carbocycles. The molecule has 1 N–H and O–H groups in total. The molecule has 0 aliphatic rings. The van der Waals surface area contributed by atoms with Gasteiger partial charge in [-0.2, -0.15) is 0 Å². The molecule has 0 spiro atoms. The number of rotatable bonds is 4. The summed E-state index contributed by atoms with van der Waals surface area (Å²) in [6.07, 6.45) is 2.95. The molecule has 0 unspecified atom stereocenters. The zero-order valence-electron chi connectivity index (χ0n) is 9.16. The molecule has 10 heteroatoms. The summed E-state index contributed by atoms with van der Waals surface area (Å²) in [4.78, 5) is 7.14. The monoisotopic (exact) mass is 305 g/mol. The van der Waals surface area contributed by atoms with Crippen molar-refractivity contribution in [2.75, 3.05) is 4.72 Å². The smallest absolute Gasteiger partial charge is 0.253 e. The Labute approximate surface area is 112 Å². The van der Waals surface area contributed by atoms with Crippen LogP contribution in [0.4, 0.5) is 5.13 Å². The van der Waals surface area contributed by atoms with Crippen molar-refractivity contribution in [2.45, 2.75) is 18.2 Å². The van der Waals surface area contributed by atoms with E-state index in [0.717, 1.165) is 17.4 Å². The number of aromatic nitrogens is 4. The summed E-state index contributed by atoms with van der Waals surface area (Å²) in [6, 6.07) is 0. The standard InChI is InChI=1S/C8H8ClN5O2S2/c1-2-6-12-13-8(17-6)14-18(15,16)5-3-10-7(9)11-4-5/h3-4H,2H2,1H3,(H,13,14). The van der Waals surface area contributed by atoms with Crippen LogP contribution in [0, 0.1) is 0 Å². The van der Waals surface area contributed by atoms with Crippen LogP contribution in [-0.4, -0.2) is 28.6 Å². The molecule has 2 rings (SSSR count). The fourth-order valence-corrected chi connectivity index (χ4v) is 2.95. The maximum Gasteiger partial charge on any atom is 0.266 e. The summed E-state index contributed by atoms with van der Waals surface area (Å²) in [6.45, 7) is 1.91. The second-order valence-corrected chi connectivity index (χ2v) is 6.23. The van der Waals surface area contributed by atoms with E-state index in [-0.39, 0.29) is 15.3 Å². The molecule has 0 amide bonds. The van der Waals surface area contributed by atoms with Crippen molar-refractivity contribution in [1.29, 1.82) is 0 Å². The molecular formula is C8H8ClN5O2S2. The number of hydrogen-bond donors (Lipinski definition) is 1. The molecule has 0 bridgehead atoms. The van der Waals surface area contributed by atoms with Gasteiger partial charge in [-0.15, -0.1) is 10.2 Å². The highest BCUT2D eigenvalue weighted by Crippen LogP contribution is 2.19. The SMILES string of the molecule is CCc1nnc(NS(=O)(=O)c2cnc(Cl)nc2)s1. The van der Waals surface area contributed by atoms with Crippen LogP contribution in [0.15, 0.2) is 17.3 Å². The molecular weight excluding hydrogens is 298 g/mol. The molecule has 2 aromatic heterocycles. The van der Waals surface area contributed by atoms with Crippen molar-refractivity contribution in [1.82, 2.24) is 20.2 Å². The van der Waals surface area contributed by atoms with Gasteiger partial charge in [-0.3, -0.25) is 4.72 Å². The van der Waals surface area contributed by atoms with Crippen LogP contribution < -0.4 is 4.72 Å². The van der Waals surface area contributed by atoms with Crippen LogP contribution in [0.25, 0.3) is 0 Å². The normalized spacial score (nSPS) is 11.4. The van der Waals surface area contributed by atoms with Gasteiger partial charge in [0, 0.05) is 0 Å². The molecule has 0 saturated heterocycles. The van der Waals surface area contributed by atoms with Crippen LogP contribution in [0.5, 0.6) is 0 Å². The Morgan fingerprint density at radius 1 is 1.33 bits per heavy atom. The van der Waals surface area contributed by atoms with Gasteiger partial charge in [-0.25, -0.2) is 18.4 Å². The summed E-state index contributed by atoms with van der Waals surface area (Å²) in [5.41, 5.74) is 0. The molecule has 96 valence electrons. The molecule has 0 aliphatic heterocycles. The minimum Gasteiger partial charge on any atom is -0.253 e. The Hall–Kier alpha value is -1.32. The lowest BCUT2D eigenvalue weighted by Crippen LogP contribution is -2.13. The van der Waals surface area contributed by atoms with Gasteiger partial charge in [0.1, 0.15) is 9.90 Å². The summed E-state index contributed by atoms with van der Waals surface area (Å²) in [5.74, 6) is 0. The van der Waals surface area contributed by atoms with Crippen LogP contribution >= 0.6 is 22.9 Å². The summed E-state index contributed by atoms with van der Waals surface area (Å²) >= 11 is 6.66. The van der Waals surface area contributed by atoms with Crippen LogP contribution in [0.1, 0.15) is 11.9 Å². The van der Waals surface area contributed by atoms with E-state index in [1.165, 1.54) is 11.3 Å². The minimum absolute atomic E-state index is 0.0156. The van der Waals surface area contributed by atoms with E-state index in [9.17, 15) is 8.42 Å². The van der Waals surface area contributed by atoms with Crippen molar-refractivity contribution in [3.63, 3.8) is 0 Å². The first-order valence-electron chi connectivity index (χ1n) is 4.84. The topological polar surface area (TPSA) is 97.7 Å². The minimum atomic E-state index is -3.75. The van der Waals surface area contributed by atoms with E-state index >= 15 is 0 Å². The van der Waals surface area contributed by atoms with E-state index in [1.807, 2.05) is 6.92 Å². The van der Waals surface area contributed by atoms with Crippen molar-refractivity contribution in [2.24, 2.45) is 0 Å². The highest BCUT2D eigenvalue weighted by Gasteiger charge is 2.17. The third-order valence-corrected chi connectivity index (χ3v) is 4.50. The predicted octanol–water partition coefficient (Wildman–Crippen LogP) is 1.34. The van der Waals surface area contributed by atoms with Crippen molar-refractivity contribution < 1.29 is 8.42 Å². The predicted molar refractivity (Wildman–Crippen MR) is 67.1 cm³/mol. The van der Waals surface area contributed by atoms with Crippen molar-refractivity contribution in [3.05, 3.63) is 22.7 Å². The van der Waals surface area contributed by atoms with Crippen LogP contribution in [0.3, 0.4) is 0 Å². The number of nitrogens with one attached hydrogen (secondary N) is 1. The number of anilines is 1. The summed E-state index contributed by atoms with van der Waals surface area (Å²) in [7, 11) is -3.75. The second-order valence-electron chi connectivity index (χ2n) is 3.15. The van der Waals surface area contributed by atoms with E-state index in [4.69, 9.17) is 11.6 Å². The lowest BCUT2D eigenvalue weighted by Gasteiger charge is -2.03. The molecule has 0 atom stereocenters. The molecule has 0 saturated carbocycles. The van der Waals surface area contributed by atoms with Gasteiger partial charge in [0.15, 0.2) is 0 Å². The Bertz CT molecular complexity index is 640. The third kappa shape index (κ3) is 2.92. The number of nitrogens with zero attached hydrogens (tertiary/aromatic N) is 4. The first kappa shape index (κ1) is 13.1. The highest BCUT2D eigenvalue weighted by molar-refractivity contribution is 7.93. The maximum atomic E-state index is 11.9. The van der Waals surface area contributed by atoms with Gasteiger partial charge in [-0.1, -0.05) is 18.3 Å². The van der Waals surface area contributed by atoms with Crippen LogP contribution in [-0.2, 0) is 16.4 Å². The van der Waals surface area contributed by atoms with Crippen LogP contribution in [0.2, 0.25) is 5.28 Å². The van der Waals surface area contributed by atoms with Crippen molar-refractivity contribution in [3.8, 4) is 0 Å². The molecule has 18 heavy (non-hydrogen) atoms. The fourth-order valence-electron chi connectivity index (χ4n) is 1.05. The molecule has 2 aromatic rings. The first-order chi connectivity index (χ1) is 8.51. The Balaban J connectivity index is 2.24. The Morgan fingerprint density at radius 3 is 2.56 bits per heavy atom. The highest BCUT2D eigenvalue weighted by atomic mass is 35.5. The Morgan fingerprint density at radius 2 is 2.00 bits per heavy atom. The second kappa shape index (κ2) is 5.12. The zero-order valence-corrected chi connectivity index (χ0v) is 11.6.